The summed E-state index contributed by atoms with van der Waals surface area (Å²) in [5, 5.41) is 7.42. The van der Waals surface area contributed by atoms with Crippen molar-refractivity contribution in [2.24, 2.45) is 5.73 Å². The third kappa shape index (κ3) is 3.71. The lowest BCUT2D eigenvalue weighted by molar-refractivity contribution is 0.0946. The Labute approximate surface area is 173 Å². The molecule has 2 amide bonds. The molecule has 0 atom stereocenters. The normalized spacial score (nSPS) is 13.1. The lowest BCUT2D eigenvalue weighted by Crippen LogP contribution is -2.23. The minimum Gasteiger partial charge on any atom is -0.496 e. The van der Waals surface area contributed by atoms with E-state index in [0.717, 1.165) is 24.0 Å². The van der Waals surface area contributed by atoms with Crippen molar-refractivity contribution < 1.29 is 14.3 Å². The summed E-state index contributed by atoms with van der Waals surface area (Å²) in [7, 11) is 1.53. The van der Waals surface area contributed by atoms with Gasteiger partial charge in [0, 0.05) is 12.1 Å². The molecule has 0 unspecified atom stereocenters. The Hall–Kier alpha value is -3.81. The summed E-state index contributed by atoms with van der Waals surface area (Å²) >= 11 is 0. The molecule has 2 aromatic carbocycles. The number of nitrogen functional groups attached to an aromatic ring is 1. The summed E-state index contributed by atoms with van der Waals surface area (Å²) in [5.41, 5.74) is 14.5. The maximum absolute atomic E-state index is 12.4. The fourth-order valence-corrected chi connectivity index (χ4v) is 3.38. The van der Waals surface area contributed by atoms with E-state index < -0.39 is 5.91 Å². The van der Waals surface area contributed by atoms with Gasteiger partial charge < -0.3 is 21.5 Å². The zero-order chi connectivity index (χ0) is 21.3. The highest BCUT2D eigenvalue weighted by molar-refractivity contribution is 6.03. The predicted octanol–water partition coefficient (Wildman–Crippen LogP) is 2.50. The molecule has 3 aromatic rings. The second-order valence-electron chi connectivity index (χ2n) is 7.23. The Morgan fingerprint density at radius 2 is 1.87 bits per heavy atom. The molecule has 1 fully saturated rings. The number of carbonyl (C=O) groups is 2. The van der Waals surface area contributed by atoms with Gasteiger partial charge >= 0.3 is 0 Å². The number of nitrogens with two attached hydrogens (primary N) is 2. The van der Waals surface area contributed by atoms with Crippen molar-refractivity contribution in [3.63, 3.8) is 0 Å². The third-order valence-corrected chi connectivity index (χ3v) is 5.12. The molecule has 8 nitrogen and oxygen atoms in total. The lowest BCUT2D eigenvalue weighted by atomic mass is 10.0. The topological polar surface area (TPSA) is 125 Å². The molecule has 1 aliphatic rings. The summed E-state index contributed by atoms with van der Waals surface area (Å²) < 4.78 is 6.92. The van der Waals surface area contributed by atoms with Crippen LogP contribution in [0.5, 0.6) is 5.75 Å². The first-order valence-corrected chi connectivity index (χ1v) is 9.68. The molecule has 4 rings (SSSR count). The highest BCUT2D eigenvalue weighted by Crippen LogP contribution is 2.39. The van der Waals surface area contributed by atoms with Crippen LogP contribution in [-0.2, 0) is 6.54 Å². The second kappa shape index (κ2) is 7.90. The van der Waals surface area contributed by atoms with Gasteiger partial charge in [-0.3, -0.25) is 9.59 Å². The van der Waals surface area contributed by atoms with Crippen LogP contribution in [0.1, 0.15) is 45.2 Å². The van der Waals surface area contributed by atoms with E-state index >= 15 is 0 Å². The number of para-hydroxylation sites is 1. The van der Waals surface area contributed by atoms with Gasteiger partial charge in [-0.15, -0.1) is 0 Å². The van der Waals surface area contributed by atoms with Gasteiger partial charge in [0.15, 0.2) is 0 Å². The van der Waals surface area contributed by atoms with Crippen molar-refractivity contribution in [2.75, 3.05) is 12.8 Å². The number of hydrogen-bond acceptors (Lipinski definition) is 5. The molecule has 30 heavy (non-hydrogen) atoms. The van der Waals surface area contributed by atoms with E-state index in [1.54, 1.807) is 22.9 Å². The smallest absolute Gasteiger partial charge is 0.255 e. The van der Waals surface area contributed by atoms with Crippen LogP contribution in [0.4, 0.5) is 5.82 Å². The van der Waals surface area contributed by atoms with Gasteiger partial charge in [0.2, 0.25) is 0 Å². The predicted molar refractivity (Wildman–Crippen MR) is 113 cm³/mol. The van der Waals surface area contributed by atoms with E-state index in [4.69, 9.17) is 16.2 Å². The zero-order valence-corrected chi connectivity index (χ0v) is 16.6. The number of ether oxygens (including phenoxy) is 1. The molecule has 0 spiro atoms. The number of hydrogen-bond donors (Lipinski definition) is 3. The van der Waals surface area contributed by atoms with E-state index in [9.17, 15) is 9.59 Å². The number of anilines is 1. The summed E-state index contributed by atoms with van der Waals surface area (Å²) in [4.78, 5) is 24.4. The summed E-state index contributed by atoms with van der Waals surface area (Å²) in [5.74, 6) is 0.0207. The molecule has 0 radical (unpaired) electrons. The number of methoxy groups -OCH3 is 1. The van der Waals surface area contributed by atoms with Gasteiger partial charge in [0.1, 0.15) is 22.8 Å². The number of carbonyl (C=O) groups excluding carboxylic acids is 2. The summed E-state index contributed by atoms with van der Waals surface area (Å²) in [6.07, 6.45) is 1.99. The van der Waals surface area contributed by atoms with Crippen molar-refractivity contribution in [3.8, 4) is 17.0 Å². The first-order chi connectivity index (χ1) is 14.5. The molecule has 0 saturated heterocycles. The van der Waals surface area contributed by atoms with E-state index in [0.29, 0.717) is 29.4 Å². The Morgan fingerprint density at radius 1 is 1.17 bits per heavy atom. The average Bonchev–Trinajstić information content (AvgIpc) is 3.54. The second-order valence-corrected chi connectivity index (χ2v) is 7.23. The van der Waals surface area contributed by atoms with Crippen molar-refractivity contribution in [3.05, 3.63) is 65.2 Å². The lowest BCUT2D eigenvalue weighted by Gasteiger charge is -2.09. The zero-order valence-electron chi connectivity index (χ0n) is 16.6. The minimum atomic E-state index is -0.595. The Balaban J connectivity index is 1.51. The molecule has 1 heterocycles. The highest BCUT2D eigenvalue weighted by atomic mass is 16.5. The van der Waals surface area contributed by atoms with Crippen LogP contribution in [0, 0.1) is 0 Å². The van der Waals surface area contributed by atoms with E-state index in [-0.39, 0.29) is 17.5 Å². The summed E-state index contributed by atoms with van der Waals surface area (Å²) in [6, 6.07) is 14.7. The van der Waals surface area contributed by atoms with Crippen molar-refractivity contribution in [1.82, 2.24) is 15.1 Å². The maximum atomic E-state index is 12.4. The van der Waals surface area contributed by atoms with Gasteiger partial charge in [-0.05, 0) is 30.5 Å². The number of primary amides is 1. The minimum absolute atomic E-state index is 0.219. The Bertz CT molecular complexity index is 1100. The van der Waals surface area contributed by atoms with Crippen LogP contribution in [0.3, 0.4) is 0 Å². The summed E-state index contributed by atoms with van der Waals surface area (Å²) in [6.45, 7) is 0.346. The van der Waals surface area contributed by atoms with Gasteiger partial charge in [-0.2, -0.15) is 5.10 Å². The van der Waals surface area contributed by atoms with Gasteiger partial charge in [0.05, 0.1) is 18.7 Å². The Kier molecular flexibility index (Phi) is 5.14. The number of amides is 2. The molecular weight excluding hydrogens is 382 g/mol. The molecular formula is C22H23N5O3. The highest BCUT2D eigenvalue weighted by Gasteiger charge is 2.31. The molecule has 1 aromatic heterocycles. The average molecular weight is 405 g/mol. The monoisotopic (exact) mass is 405 g/mol. The number of aromatic nitrogens is 2. The molecule has 1 saturated carbocycles. The van der Waals surface area contributed by atoms with Crippen LogP contribution >= 0.6 is 0 Å². The fraction of sp³-hybridized carbons (Fsp3) is 0.227. The SMILES string of the molecule is COc1ccccc1C(=O)NCc1ccc(-c2nn(C3CC3)c(N)c2C(N)=O)cc1. The van der Waals surface area contributed by atoms with E-state index in [1.807, 2.05) is 30.3 Å². The molecule has 5 N–H and O–H groups in total. The van der Waals surface area contributed by atoms with Crippen LogP contribution in [0.2, 0.25) is 0 Å². The van der Waals surface area contributed by atoms with Crippen molar-refractivity contribution >= 4 is 17.6 Å². The van der Waals surface area contributed by atoms with Crippen LogP contribution in [-0.4, -0.2) is 28.7 Å². The van der Waals surface area contributed by atoms with Crippen LogP contribution < -0.4 is 21.5 Å². The molecule has 0 bridgehead atoms. The molecule has 1 aliphatic carbocycles. The molecule has 8 heteroatoms. The number of benzene rings is 2. The number of nitrogens with zero attached hydrogens (tertiary/aromatic N) is 2. The first kappa shape index (κ1) is 19.5. The van der Waals surface area contributed by atoms with Gasteiger partial charge in [0.25, 0.3) is 11.8 Å². The first-order valence-electron chi connectivity index (χ1n) is 9.68. The van der Waals surface area contributed by atoms with E-state index in [1.165, 1.54) is 7.11 Å². The Morgan fingerprint density at radius 3 is 2.50 bits per heavy atom. The quantitative estimate of drug-likeness (QED) is 0.557. The number of rotatable bonds is 7. The van der Waals surface area contributed by atoms with Crippen LogP contribution in [0.15, 0.2) is 48.5 Å². The third-order valence-electron chi connectivity index (χ3n) is 5.12. The maximum Gasteiger partial charge on any atom is 0.255 e. The fourth-order valence-electron chi connectivity index (χ4n) is 3.38. The number of nitrogens with one attached hydrogen (secondary N) is 1. The largest absolute Gasteiger partial charge is 0.496 e. The van der Waals surface area contributed by atoms with Crippen molar-refractivity contribution in [1.29, 1.82) is 0 Å². The standard InChI is InChI=1S/C22H23N5O3/c1-30-17-5-3-2-4-16(17)22(29)25-12-13-6-8-14(9-7-13)19-18(21(24)28)20(23)27(26-19)15-10-11-15/h2-9,15H,10-12,23H2,1H3,(H2,24,28)(H,25,29). The van der Waals surface area contributed by atoms with Crippen LogP contribution in [0.25, 0.3) is 11.3 Å². The van der Waals surface area contributed by atoms with E-state index in [2.05, 4.69) is 10.4 Å². The van der Waals surface area contributed by atoms with Gasteiger partial charge in [-0.1, -0.05) is 36.4 Å². The molecule has 154 valence electrons. The van der Waals surface area contributed by atoms with Gasteiger partial charge in [-0.25, -0.2) is 4.68 Å². The van der Waals surface area contributed by atoms with Crippen molar-refractivity contribution in [2.45, 2.75) is 25.4 Å². The molecule has 0 aliphatic heterocycles.